The second-order valence-electron chi connectivity index (χ2n) is 7.04. The monoisotopic (exact) mass is 335 g/mol. The van der Waals surface area contributed by atoms with Crippen LogP contribution in [0.4, 0.5) is 0 Å². The molecule has 2 N–H and O–H groups in total. The van der Waals surface area contributed by atoms with E-state index >= 15 is 0 Å². The number of rotatable bonds is 7. The number of benzene rings is 1. The Morgan fingerprint density at radius 1 is 1.17 bits per heavy atom. The Morgan fingerprint density at radius 3 is 2.57 bits per heavy atom. The van der Waals surface area contributed by atoms with Crippen LogP contribution in [0.15, 0.2) is 29.2 Å². The number of nitrogens with zero attached hydrogens (tertiary/aromatic N) is 1. The Morgan fingerprint density at radius 2 is 1.91 bits per heavy atom. The van der Waals surface area contributed by atoms with E-state index in [2.05, 4.69) is 34.1 Å². The van der Waals surface area contributed by atoms with Crippen LogP contribution in [0.3, 0.4) is 0 Å². The van der Waals surface area contributed by atoms with Crippen molar-refractivity contribution in [2.45, 2.75) is 49.6 Å². The lowest BCUT2D eigenvalue weighted by Crippen LogP contribution is -2.27. The first-order valence-electron chi connectivity index (χ1n) is 8.87. The Balaban J connectivity index is 1.43. The van der Waals surface area contributed by atoms with Crippen LogP contribution in [-0.2, 0) is 17.5 Å². The lowest BCUT2D eigenvalue weighted by Gasteiger charge is -2.13. The normalized spacial score (nSPS) is 24.3. The van der Waals surface area contributed by atoms with Gasteiger partial charge in [0, 0.05) is 25.7 Å². The van der Waals surface area contributed by atoms with E-state index in [4.69, 9.17) is 0 Å². The third kappa shape index (κ3) is 5.11. The maximum Gasteiger partial charge on any atom is 0.124 e. The Bertz CT molecular complexity index is 514. The summed E-state index contributed by atoms with van der Waals surface area (Å²) in [4.78, 5) is 3.21. The highest BCUT2D eigenvalue weighted by Gasteiger charge is 2.19. The molecule has 1 aliphatic carbocycles. The van der Waals surface area contributed by atoms with Gasteiger partial charge in [0.25, 0.3) is 0 Å². The van der Waals surface area contributed by atoms with Crippen LogP contribution < -0.4 is 10.0 Å². The van der Waals surface area contributed by atoms with Gasteiger partial charge in [-0.15, -0.1) is 0 Å². The van der Waals surface area contributed by atoms with Crippen molar-refractivity contribution in [3.05, 3.63) is 29.8 Å². The fourth-order valence-electron chi connectivity index (χ4n) is 3.59. The van der Waals surface area contributed by atoms with Crippen molar-refractivity contribution in [3.63, 3.8) is 0 Å². The summed E-state index contributed by atoms with van der Waals surface area (Å²) in [7, 11) is 1.05. The largest absolute Gasteiger partial charge is 0.310 e. The molecule has 128 valence electrons. The van der Waals surface area contributed by atoms with Crippen LogP contribution >= 0.6 is 0 Å². The summed E-state index contributed by atoms with van der Waals surface area (Å²) < 4.78 is 15.5. The van der Waals surface area contributed by atoms with Gasteiger partial charge in [-0.25, -0.2) is 8.93 Å². The molecule has 0 spiro atoms. The third-order valence-corrected chi connectivity index (χ3v) is 6.21. The van der Waals surface area contributed by atoms with E-state index in [1.807, 2.05) is 12.1 Å². The van der Waals surface area contributed by atoms with Gasteiger partial charge in [0.05, 0.1) is 4.90 Å². The molecular formula is C18H29N3OS. The van der Waals surface area contributed by atoms with Crippen LogP contribution in [0, 0.1) is 5.92 Å². The van der Waals surface area contributed by atoms with Crippen LogP contribution in [-0.4, -0.2) is 41.8 Å². The van der Waals surface area contributed by atoms with E-state index < -0.39 is 11.0 Å². The highest BCUT2D eigenvalue weighted by molar-refractivity contribution is 7.83. The van der Waals surface area contributed by atoms with E-state index in [1.54, 1.807) is 0 Å². The van der Waals surface area contributed by atoms with Gasteiger partial charge in [-0.05, 0) is 56.5 Å². The fraction of sp³-hybridized carbons (Fsp3) is 0.667. The molecule has 0 bridgehead atoms. The predicted molar refractivity (Wildman–Crippen MR) is 95.6 cm³/mol. The Hall–Kier alpha value is -0.750. The zero-order valence-electron chi connectivity index (χ0n) is 14.1. The molecule has 2 atom stereocenters. The molecule has 23 heavy (non-hydrogen) atoms. The molecule has 4 nitrogen and oxygen atoms in total. The molecule has 1 saturated carbocycles. The first kappa shape index (κ1) is 17.1. The quantitative estimate of drug-likeness (QED) is 0.803. The molecule has 2 aliphatic rings. The number of hydrogen-bond acceptors (Lipinski definition) is 3. The van der Waals surface area contributed by atoms with E-state index in [9.17, 15) is 4.21 Å². The maximum absolute atomic E-state index is 12.3. The topological polar surface area (TPSA) is 44.4 Å². The lowest BCUT2D eigenvalue weighted by molar-refractivity contribution is 0.395. The van der Waals surface area contributed by atoms with Gasteiger partial charge >= 0.3 is 0 Å². The van der Waals surface area contributed by atoms with Crippen molar-refractivity contribution in [2.24, 2.45) is 5.92 Å². The van der Waals surface area contributed by atoms with Crippen LogP contribution in [0.25, 0.3) is 0 Å². The van der Waals surface area contributed by atoms with E-state index in [0.29, 0.717) is 12.0 Å². The summed E-state index contributed by atoms with van der Waals surface area (Å²) in [6.07, 6.45) is 6.54. The zero-order chi connectivity index (χ0) is 16.1. The van der Waals surface area contributed by atoms with Gasteiger partial charge in [-0.2, -0.15) is 0 Å². The smallest absolute Gasteiger partial charge is 0.124 e. The van der Waals surface area contributed by atoms with Crippen molar-refractivity contribution in [1.82, 2.24) is 14.9 Å². The van der Waals surface area contributed by atoms with Crippen molar-refractivity contribution < 1.29 is 4.21 Å². The first-order chi connectivity index (χ1) is 11.2. The third-order valence-electron chi connectivity index (χ3n) is 5.08. The van der Waals surface area contributed by atoms with Gasteiger partial charge in [0.2, 0.25) is 0 Å². The molecule has 1 aliphatic heterocycles. The van der Waals surface area contributed by atoms with E-state index in [-0.39, 0.29) is 0 Å². The lowest BCUT2D eigenvalue weighted by atomic mass is 10.1. The number of hydrogen-bond donors (Lipinski definition) is 2. The maximum atomic E-state index is 12.3. The summed E-state index contributed by atoms with van der Waals surface area (Å²) in [5, 5.41) is 3.62. The molecular weight excluding hydrogens is 306 g/mol. The average Bonchev–Trinajstić information content (AvgIpc) is 3.22. The first-order valence-corrected chi connectivity index (χ1v) is 10.0. The van der Waals surface area contributed by atoms with Crippen molar-refractivity contribution in [3.8, 4) is 0 Å². The second kappa shape index (κ2) is 8.38. The highest BCUT2D eigenvalue weighted by Crippen LogP contribution is 2.18. The number of likely N-dealkylation sites (tertiary alicyclic amines) is 1. The van der Waals surface area contributed by atoms with Crippen molar-refractivity contribution >= 4 is 11.0 Å². The molecule has 1 aromatic carbocycles. The molecule has 5 heteroatoms. The van der Waals surface area contributed by atoms with Crippen molar-refractivity contribution in [1.29, 1.82) is 0 Å². The molecule has 2 unspecified atom stereocenters. The molecule has 1 aromatic rings. The van der Waals surface area contributed by atoms with Crippen LogP contribution in [0.1, 0.15) is 37.7 Å². The van der Waals surface area contributed by atoms with Gasteiger partial charge in [-0.3, -0.25) is 0 Å². The van der Waals surface area contributed by atoms with Crippen molar-refractivity contribution in [2.75, 3.05) is 26.7 Å². The summed E-state index contributed by atoms with van der Waals surface area (Å²) in [6.45, 7) is 4.01. The molecule has 1 saturated heterocycles. The summed E-state index contributed by atoms with van der Waals surface area (Å²) in [5.41, 5.74) is 1.27. The summed E-state index contributed by atoms with van der Waals surface area (Å²) >= 11 is 0. The molecule has 0 radical (unpaired) electrons. The minimum atomic E-state index is -1.09. The SMILES string of the molecule is CN1CCC(CNS(=O)c2ccc(CNC3CCCC3)cc2)C1. The zero-order valence-corrected chi connectivity index (χ0v) is 14.9. The van der Waals surface area contributed by atoms with Crippen LogP contribution in [0.5, 0.6) is 0 Å². The summed E-state index contributed by atoms with van der Waals surface area (Å²) in [6, 6.07) is 8.88. The Labute approximate surface area is 142 Å². The van der Waals surface area contributed by atoms with E-state index in [0.717, 1.165) is 31.1 Å². The Kier molecular flexibility index (Phi) is 6.22. The number of nitrogens with one attached hydrogen (secondary N) is 2. The minimum Gasteiger partial charge on any atom is -0.310 e. The van der Waals surface area contributed by atoms with Gasteiger partial charge < -0.3 is 10.2 Å². The molecule has 1 heterocycles. The van der Waals surface area contributed by atoms with Gasteiger partial charge in [-0.1, -0.05) is 25.0 Å². The average molecular weight is 336 g/mol. The standard InChI is InChI=1S/C18H29N3OS/c1-21-11-10-16(14-21)13-20-23(22)18-8-6-15(7-9-18)12-19-17-4-2-3-5-17/h6-9,16-17,19-20H,2-5,10-14H2,1H3. The minimum absolute atomic E-state index is 0.624. The highest BCUT2D eigenvalue weighted by atomic mass is 32.2. The fourth-order valence-corrected chi connectivity index (χ4v) is 4.53. The molecule has 0 amide bonds. The van der Waals surface area contributed by atoms with E-state index in [1.165, 1.54) is 37.7 Å². The molecule has 3 rings (SSSR count). The molecule has 0 aromatic heterocycles. The predicted octanol–water partition coefficient (Wildman–Crippen LogP) is 2.28. The van der Waals surface area contributed by atoms with Gasteiger partial charge in [0.15, 0.2) is 0 Å². The molecule has 2 fully saturated rings. The second-order valence-corrected chi connectivity index (χ2v) is 8.34. The van der Waals surface area contributed by atoms with Crippen LogP contribution in [0.2, 0.25) is 0 Å². The summed E-state index contributed by atoms with van der Waals surface area (Å²) in [5.74, 6) is 0.624. The van der Waals surface area contributed by atoms with Gasteiger partial charge in [0.1, 0.15) is 11.0 Å².